The van der Waals surface area contributed by atoms with E-state index in [1.54, 1.807) is 9.80 Å². The Morgan fingerprint density at radius 2 is 1.82 bits per heavy atom. The van der Waals surface area contributed by atoms with Crippen molar-refractivity contribution in [1.29, 1.82) is 0 Å². The van der Waals surface area contributed by atoms with E-state index in [0.717, 1.165) is 47.3 Å². The molecule has 1 unspecified atom stereocenters. The number of anilines is 2. The molecule has 39 heavy (non-hydrogen) atoms. The molecule has 2 aromatic rings. The molecule has 3 aliphatic rings. The van der Waals surface area contributed by atoms with Gasteiger partial charge in [0, 0.05) is 55.8 Å². The molecule has 0 spiro atoms. The Morgan fingerprint density at radius 3 is 2.46 bits per heavy atom. The number of piperazine rings is 1. The lowest BCUT2D eigenvalue weighted by Crippen LogP contribution is -2.50. The predicted molar refractivity (Wildman–Crippen MR) is 149 cm³/mol. The van der Waals surface area contributed by atoms with Crippen LogP contribution in [0.25, 0.3) is 11.3 Å². The third-order valence-electron chi connectivity index (χ3n) is 7.61. The summed E-state index contributed by atoms with van der Waals surface area (Å²) in [5.74, 6) is 1.29. The fourth-order valence-electron chi connectivity index (χ4n) is 5.64. The third kappa shape index (κ3) is 5.18. The summed E-state index contributed by atoms with van der Waals surface area (Å²) in [5.41, 5.74) is 3.08. The minimum atomic E-state index is -0.775. The number of fused-ring (bicyclic) bond motifs is 1. The number of hydrogen-bond donors (Lipinski definition) is 0. The Hall–Kier alpha value is -3.27. The van der Waals surface area contributed by atoms with Crippen LogP contribution in [0.15, 0.2) is 12.3 Å². The molecular weight excluding hydrogens is 496 g/mol. The van der Waals surface area contributed by atoms with Gasteiger partial charge in [0.2, 0.25) is 11.9 Å². The molecule has 5 rings (SSSR count). The molecular formula is C29H40N6O4. The van der Waals surface area contributed by atoms with E-state index in [9.17, 15) is 9.59 Å². The van der Waals surface area contributed by atoms with Crippen molar-refractivity contribution in [3.05, 3.63) is 29.1 Å². The molecule has 0 radical (unpaired) electrons. The molecule has 0 aromatic carbocycles. The number of rotatable bonds is 3. The van der Waals surface area contributed by atoms with Gasteiger partial charge in [-0.1, -0.05) is 0 Å². The molecule has 5 heterocycles. The maximum absolute atomic E-state index is 13.8. The van der Waals surface area contributed by atoms with Crippen molar-refractivity contribution in [3.63, 3.8) is 0 Å². The maximum atomic E-state index is 13.8. The molecule has 0 aliphatic carbocycles. The van der Waals surface area contributed by atoms with Gasteiger partial charge in [-0.05, 0) is 79.4 Å². The highest BCUT2D eigenvalue weighted by Crippen LogP contribution is 2.48. The smallest absolute Gasteiger partial charge is 0.410 e. The summed E-state index contributed by atoms with van der Waals surface area (Å²) in [6, 6.07) is 1.98. The van der Waals surface area contributed by atoms with E-state index in [4.69, 9.17) is 24.4 Å². The zero-order chi connectivity index (χ0) is 28.1. The van der Waals surface area contributed by atoms with E-state index in [1.807, 2.05) is 60.7 Å². The molecule has 3 aliphatic heterocycles. The molecule has 10 nitrogen and oxygen atoms in total. The van der Waals surface area contributed by atoms with Gasteiger partial charge in [0.1, 0.15) is 17.6 Å². The van der Waals surface area contributed by atoms with Gasteiger partial charge >= 0.3 is 6.09 Å². The van der Waals surface area contributed by atoms with Gasteiger partial charge in [-0.2, -0.15) is 0 Å². The minimum absolute atomic E-state index is 0.00742. The highest BCUT2D eigenvalue weighted by atomic mass is 16.6. The van der Waals surface area contributed by atoms with E-state index < -0.39 is 11.0 Å². The molecule has 2 amide bonds. The lowest BCUT2D eigenvalue weighted by molar-refractivity contribution is -0.125. The molecule has 2 fully saturated rings. The maximum Gasteiger partial charge on any atom is 0.410 e. The molecule has 10 heteroatoms. The number of carbonyl (C=O) groups excluding carboxylic acids is 2. The fourth-order valence-corrected chi connectivity index (χ4v) is 5.64. The van der Waals surface area contributed by atoms with Crippen LogP contribution in [0, 0.1) is 13.8 Å². The van der Waals surface area contributed by atoms with Crippen LogP contribution in [0.2, 0.25) is 0 Å². The van der Waals surface area contributed by atoms with E-state index in [2.05, 4.69) is 4.90 Å². The SMILES string of the molecule is Cc1cc(-c2c(C)cnc3c2C(C)(C)C(=O)N3C2CCCCO2)nc(N2CCN(C(=O)OC(C)(C)C)CC2)n1. The second-order valence-corrected chi connectivity index (χ2v) is 12.3. The van der Waals surface area contributed by atoms with Crippen LogP contribution in [-0.2, 0) is 19.7 Å². The molecule has 1 atom stereocenters. The van der Waals surface area contributed by atoms with E-state index in [-0.39, 0.29) is 18.2 Å². The Bertz CT molecular complexity index is 1270. The number of amides is 2. The summed E-state index contributed by atoms with van der Waals surface area (Å²) in [4.78, 5) is 46.4. The van der Waals surface area contributed by atoms with Crippen molar-refractivity contribution in [2.45, 2.75) is 85.0 Å². The number of aryl methyl sites for hydroxylation is 2. The van der Waals surface area contributed by atoms with E-state index in [0.29, 0.717) is 44.6 Å². The topological polar surface area (TPSA) is 101 Å². The summed E-state index contributed by atoms with van der Waals surface area (Å²) in [6.45, 7) is 16.4. The van der Waals surface area contributed by atoms with Gasteiger partial charge in [0.05, 0.1) is 11.1 Å². The summed E-state index contributed by atoms with van der Waals surface area (Å²) in [7, 11) is 0. The van der Waals surface area contributed by atoms with Gasteiger partial charge in [0.25, 0.3) is 0 Å². The summed E-state index contributed by atoms with van der Waals surface area (Å²) in [5, 5.41) is 0. The minimum Gasteiger partial charge on any atom is -0.444 e. The van der Waals surface area contributed by atoms with E-state index >= 15 is 0 Å². The molecule has 210 valence electrons. The zero-order valence-corrected chi connectivity index (χ0v) is 24.2. The van der Waals surface area contributed by atoms with Crippen LogP contribution in [0.1, 0.15) is 70.7 Å². The number of aromatic nitrogens is 3. The Kier molecular flexibility index (Phi) is 7.03. The second kappa shape index (κ2) is 10.0. The Labute approximate surface area is 230 Å². The highest BCUT2D eigenvalue weighted by Gasteiger charge is 2.50. The average molecular weight is 537 g/mol. The number of hydrogen-bond acceptors (Lipinski definition) is 8. The fraction of sp³-hybridized carbons (Fsp3) is 0.621. The normalized spacial score (nSPS) is 21.3. The van der Waals surface area contributed by atoms with Crippen LogP contribution in [0.4, 0.5) is 16.6 Å². The van der Waals surface area contributed by atoms with E-state index in [1.165, 1.54) is 0 Å². The third-order valence-corrected chi connectivity index (χ3v) is 7.61. The molecule has 0 N–H and O–H groups in total. The van der Waals surface area contributed by atoms with Gasteiger partial charge in [-0.25, -0.2) is 19.7 Å². The second-order valence-electron chi connectivity index (χ2n) is 12.3. The lowest BCUT2D eigenvalue weighted by atomic mass is 9.82. The van der Waals surface area contributed by atoms with Crippen LogP contribution in [0.5, 0.6) is 0 Å². The van der Waals surface area contributed by atoms with Crippen LogP contribution < -0.4 is 9.80 Å². The summed E-state index contributed by atoms with van der Waals surface area (Å²) < 4.78 is 11.6. The zero-order valence-electron chi connectivity index (χ0n) is 24.2. The van der Waals surface area contributed by atoms with Gasteiger partial charge < -0.3 is 19.3 Å². The number of carbonyl (C=O) groups is 2. The summed E-state index contributed by atoms with van der Waals surface area (Å²) in [6.07, 6.45) is 4.08. The highest BCUT2D eigenvalue weighted by molar-refractivity contribution is 6.09. The van der Waals surface area contributed by atoms with Gasteiger partial charge in [-0.3, -0.25) is 9.69 Å². The Morgan fingerprint density at radius 1 is 1.10 bits per heavy atom. The number of nitrogens with zero attached hydrogens (tertiary/aromatic N) is 6. The lowest BCUT2D eigenvalue weighted by Gasteiger charge is -2.35. The average Bonchev–Trinajstić information content (AvgIpc) is 3.08. The van der Waals surface area contributed by atoms with Crippen molar-refractivity contribution >= 4 is 23.8 Å². The van der Waals surface area contributed by atoms with Crippen molar-refractivity contribution < 1.29 is 19.1 Å². The number of ether oxygens (including phenoxy) is 2. The first-order valence-electron chi connectivity index (χ1n) is 13.9. The van der Waals surface area contributed by atoms with Crippen LogP contribution in [0.3, 0.4) is 0 Å². The standard InChI is InChI=1S/C29H40N6O4/c1-18-17-30-24-23(29(6,7)25(36)35(24)21-10-8-9-15-38-21)22(18)20-16-19(2)31-26(32-20)33-11-13-34(14-12-33)27(37)39-28(3,4)5/h16-17,21H,8-15H2,1-7H3. The monoisotopic (exact) mass is 536 g/mol. The first-order chi connectivity index (χ1) is 18.4. The quantitative estimate of drug-likeness (QED) is 0.570. The van der Waals surface area contributed by atoms with Crippen molar-refractivity contribution in [2.24, 2.45) is 0 Å². The molecule has 0 saturated carbocycles. The first kappa shape index (κ1) is 27.3. The largest absolute Gasteiger partial charge is 0.444 e. The number of pyridine rings is 1. The van der Waals surface area contributed by atoms with Crippen LogP contribution >= 0.6 is 0 Å². The van der Waals surface area contributed by atoms with Crippen molar-refractivity contribution in [3.8, 4) is 11.3 Å². The van der Waals surface area contributed by atoms with Crippen molar-refractivity contribution in [2.75, 3.05) is 42.6 Å². The first-order valence-corrected chi connectivity index (χ1v) is 13.9. The molecule has 2 aromatic heterocycles. The van der Waals surface area contributed by atoms with Crippen LogP contribution in [-0.4, -0.2) is 76.5 Å². The Balaban J connectivity index is 1.47. The predicted octanol–water partition coefficient (Wildman–Crippen LogP) is 4.36. The van der Waals surface area contributed by atoms with Gasteiger partial charge in [-0.15, -0.1) is 0 Å². The van der Waals surface area contributed by atoms with Crippen molar-refractivity contribution in [1.82, 2.24) is 19.9 Å². The molecule has 2 saturated heterocycles. The summed E-state index contributed by atoms with van der Waals surface area (Å²) >= 11 is 0. The van der Waals surface area contributed by atoms with Gasteiger partial charge in [0.15, 0.2) is 0 Å². The molecule has 0 bridgehead atoms.